The topological polar surface area (TPSA) is 69.9 Å². The van der Waals surface area contributed by atoms with Gasteiger partial charge in [0.25, 0.3) is 0 Å². The van der Waals surface area contributed by atoms with Crippen LogP contribution in [0.1, 0.15) is 19.3 Å². The van der Waals surface area contributed by atoms with E-state index in [4.69, 9.17) is 5.73 Å². The molecule has 0 aromatic carbocycles. The van der Waals surface area contributed by atoms with Crippen LogP contribution in [0.2, 0.25) is 0 Å². The Bertz CT molecular complexity index is 429. The number of rotatable bonds is 1. The molecular formula is C15H26N4O2. The van der Waals surface area contributed by atoms with Crippen molar-refractivity contribution in [1.29, 1.82) is 0 Å². The van der Waals surface area contributed by atoms with Gasteiger partial charge in [-0.25, -0.2) is 4.79 Å². The van der Waals surface area contributed by atoms with Gasteiger partial charge in [-0.1, -0.05) is 0 Å². The average molecular weight is 294 g/mol. The maximum atomic E-state index is 12.7. The number of piperazine rings is 1. The third-order valence-electron chi connectivity index (χ3n) is 5.51. The molecule has 4 atom stereocenters. The van der Waals surface area contributed by atoms with Crippen LogP contribution in [0, 0.1) is 17.8 Å². The standard InChI is InChI=1S/C15H26N4O2/c1-17(2)15(21)19-7-5-18(6-8-19)14(20)12-10-3-4-11(9-10)13(12)16/h10-13H,3-9,16H2,1-2H3. The molecule has 0 spiro atoms. The molecule has 1 saturated heterocycles. The van der Waals surface area contributed by atoms with Gasteiger partial charge in [0, 0.05) is 46.3 Å². The molecule has 118 valence electrons. The summed E-state index contributed by atoms with van der Waals surface area (Å²) in [5.74, 6) is 1.31. The molecule has 3 fully saturated rings. The van der Waals surface area contributed by atoms with Gasteiger partial charge in [0.1, 0.15) is 0 Å². The minimum atomic E-state index is 0.0266. The van der Waals surface area contributed by atoms with Crippen molar-refractivity contribution in [3.05, 3.63) is 0 Å². The number of hydrogen-bond donors (Lipinski definition) is 1. The molecule has 2 saturated carbocycles. The van der Waals surface area contributed by atoms with Gasteiger partial charge in [-0.3, -0.25) is 4.79 Å². The minimum Gasteiger partial charge on any atom is -0.339 e. The molecule has 2 bridgehead atoms. The van der Waals surface area contributed by atoms with Crippen LogP contribution in [0.15, 0.2) is 0 Å². The van der Waals surface area contributed by atoms with E-state index in [9.17, 15) is 9.59 Å². The first-order valence-corrected chi connectivity index (χ1v) is 7.99. The number of fused-ring (bicyclic) bond motifs is 2. The van der Waals surface area contributed by atoms with E-state index in [0.29, 0.717) is 38.0 Å². The number of carbonyl (C=O) groups is 2. The number of urea groups is 1. The second kappa shape index (κ2) is 5.48. The molecule has 2 N–H and O–H groups in total. The summed E-state index contributed by atoms with van der Waals surface area (Å²) in [6.07, 6.45) is 3.49. The van der Waals surface area contributed by atoms with E-state index in [1.165, 1.54) is 6.42 Å². The van der Waals surface area contributed by atoms with Crippen molar-refractivity contribution in [3.8, 4) is 0 Å². The van der Waals surface area contributed by atoms with Crippen molar-refractivity contribution < 1.29 is 9.59 Å². The highest BCUT2D eigenvalue weighted by Gasteiger charge is 2.50. The molecule has 6 nitrogen and oxygen atoms in total. The summed E-state index contributed by atoms with van der Waals surface area (Å²) < 4.78 is 0. The molecular weight excluding hydrogens is 268 g/mol. The lowest BCUT2D eigenvalue weighted by Gasteiger charge is -2.39. The zero-order valence-electron chi connectivity index (χ0n) is 13.0. The van der Waals surface area contributed by atoms with Crippen molar-refractivity contribution in [1.82, 2.24) is 14.7 Å². The Morgan fingerprint density at radius 3 is 2.10 bits per heavy atom. The third kappa shape index (κ3) is 2.50. The molecule has 21 heavy (non-hydrogen) atoms. The maximum absolute atomic E-state index is 12.7. The van der Waals surface area contributed by atoms with E-state index >= 15 is 0 Å². The van der Waals surface area contributed by atoms with Crippen LogP contribution in [-0.4, -0.2) is 73.0 Å². The van der Waals surface area contributed by atoms with Crippen molar-refractivity contribution in [2.45, 2.75) is 25.3 Å². The first kappa shape index (κ1) is 14.6. The van der Waals surface area contributed by atoms with Crippen LogP contribution >= 0.6 is 0 Å². The Morgan fingerprint density at radius 1 is 1.00 bits per heavy atom. The lowest BCUT2D eigenvalue weighted by atomic mass is 9.84. The number of hydrogen-bond acceptors (Lipinski definition) is 3. The predicted molar refractivity (Wildman–Crippen MR) is 79.5 cm³/mol. The van der Waals surface area contributed by atoms with Crippen LogP contribution in [0.3, 0.4) is 0 Å². The van der Waals surface area contributed by atoms with Gasteiger partial charge in [0.2, 0.25) is 5.91 Å². The van der Waals surface area contributed by atoms with Gasteiger partial charge < -0.3 is 20.4 Å². The average Bonchev–Trinajstić information content (AvgIpc) is 3.07. The van der Waals surface area contributed by atoms with Crippen LogP contribution < -0.4 is 5.73 Å². The molecule has 1 heterocycles. The summed E-state index contributed by atoms with van der Waals surface area (Å²) in [4.78, 5) is 30.0. The SMILES string of the molecule is CN(C)C(=O)N1CCN(C(=O)C2C3CCC(C3)C2N)CC1. The van der Waals surface area contributed by atoms with E-state index in [1.807, 2.05) is 9.80 Å². The third-order valence-corrected chi connectivity index (χ3v) is 5.51. The largest absolute Gasteiger partial charge is 0.339 e. The quantitative estimate of drug-likeness (QED) is 0.750. The summed E-state index contributed by atoms with van der Waals surface area (Å²) >= 11 is 0. The Balaban J connectivity index is 1.57. The fourth-order valence-electron chi connectivity index (χ4n) is 4.31. The van der Waals surface area contributed by atoms with E-state index in [1.54, 1.807) is 19.0 Å². The number of nitrogens with zero attached hydrogens (tertiary/aromatic N) is 3. The first-order chi connectivity index (χ1) is 9.99. The fourth-order valence-corrected chi connectivity index (χ4v) is 4.31. The van der Waals surface area contributed by atoms with Crippen molar-refractivity contribution in [3.63, 3.8) is 0 Å². The summed E-state index contributed by atoms with van der Waals surface area (Å²) in [5.41, 5.74) is 6.27. The molecule has 6 heteroatoms. The molecule has 0 radical (unpaired) electrons. The van der Waals surface area contributed by atoms with Gasteiger partial charge in [-0.15, -0.1) is 0 Å². The lowest BCUT2D eigenvalue weighted by molar-refractivity contribution is -0.139. The van der Waals surface area contributed by atoms with Crippen molar-refractivity contribution in [2.75, 3.05) is 40.3 Å². The van der Waals surface area contributed by atoms with Crippen LogP contribution in [0.4, 0.5) is 4.79 Å². The summed E-state index contributed by atoms with van der Waals surface area (Å²) in [6, 6.07) is 0.0800. The number of carbonyl (C=O) groups excluding carboxylic acids is 2. The molecule has 3 aliphatic rings. The highest BCUT2D eigenvalue weighted by atomic mass is 16.2. The van der Waals surface area contributed by atoms with Crippen molar-refractivity contribution in [2.24, 2.45) is 23.5 Å². The van der Waals surface area contributed by atoms with E-state index < -0.39 is 0 Å². The smallest absolute Gasteiger partial charge is 0.319 e. The number of nitrogens with two attached hydrogens (primary N) is 1. The van der Waals surface area contributed by atoms with Gasteiger partial charge in [0.05, 0.1) is 5.92 Å². The highest BCUT2D eigenvalue weighted by molar-refractivity contribution is 5.81. The minimum absolute atomic E-state index is 0.0266. The normalized spacial score (nSPS) is 35.2. The molecule has 0 aromatic heterocycles. The Kier molecular flexibility index (Phi) is 3.82. The van der Waals surface area contributed by atoms with Gasteiger partial charge in [0.15, 0.2) is 0 Å². The number of amides is 3. The lowest BCUT2D eigenvalue weighted by Crippen LogP contribution is -2.56. The fraction of sp³-hybridized carbons (Fsp3) is 0.867. The molecule has 3 amide bonds. The Labute approximate surface area is 126 Å². The van der Waals surface area contributed by atoms with Gasteiger partial charge >= 0.3 is 6.03 Å². The summed E-state index contributed by atoms with van der Waals surface area (Å²) in [7, 11) is 3.52. The van der Waals surface area contributed by atoms with Crippen molar-refractivity contribution >= 4 is 11.9 Å². The maximum Gasteiger partial charge on any atom is 0.319 e. The second-order valence-electron chi connectivity index (χ2n) is 6.93. The first-order valence-electron chi connectivity index (χ1n) is 7.99. The molecule has 4 unspecified atom stereocenters. The summed E-state index contributed by atoms with van der Waals surface area (Å²) in [6.45, 7) is 2.52. The molecule has 0 aromatic rings. The Hall–Kier alpha value is -1.30. The predicted octanol–water partition coefficient (Wildman–Crippen LogP) is 0.186. The molecule has 2 aliphatic carbocycles. The van der Waals surface area contributed by atoms with Gasteiger partial charge in [-0.2, -0.15) is 0 Å². The highest BCUT2D eigenvalue weighted by Crippen LogP contribution is 2.48. The monoisotopic (exact) mass is 294 g/mol. The second-order valence-corrected chi connectivity index (χ2v) is 6.93. The Morgan fingerprint density at radius 2 is 1.57 bits per heavy atom. The molecule has 3 rings (SSSR count). The van der Waals surface area contributed by atoms with Gasteiger partial charge in [-0.05, 0) is 31.1 Å². The van der Waals surface area contributed by atoms with Crippen LogP contribution in [0.5, 0.6) is 0 Å². The van der Waals surface area contributed by atoms with E-state index in [0.717, 1.165) is 12.8 Å². The van der Waals surface area contributed by atoms with E-state index in [-0.39, 0.29) is 23.9 Å². The van der Waals surface area contributed by atoms with Crippen LogP contribution in [0.25, 0.3) is 0 Å². The van der Waals surface area contributed by atoms with Crippen LogP contribution in [-0.2, 0) is 4.79 Å². The van der Waals surface area contributed by atoms with E-state index in [2.05, 4.69) is 0 Å². The summed E-state index contributed by atoms with van der Waals surface area (Å²) in [5, 5.41) is 0. The zero-order valence-corrected chi connectivity index (χ0v) is 13.0. The molecule has 1 aliphatic heterocycles. The zero-order chi connectivity index (χ0) is 15.1.